The highest BCUT2D eigenvalue weighted by Crippen LogP contribution is 2.34. The molecule has 0 amide bonds. The van der Waals surface area contributed by atoms with Crippen LogP contribution in [0.25, 0.3) is 11.4 Å². The van der Waals surface area contributed by atoms with Crippen molar-refractivity contribution in [2.75, 3.05) is 14.2 Å². The van der Waals surface area contributed by atoms with E-state index >= 15 is 0 Å². The van der Waals surface area contributed by atoms with E-state index in [1.807, 2.05) is 0 Å². The summed E-state index contributed by atoms with van der Waals surface area (Å²) < 4.78 is 15.2. The minimum absolute atomic E-state index is 0.154. The number of nitrogens with zero attached hydrogens (tertiary/aromatic N) is 2. The van der Waals surface area contributed by atoms with Gasteiger partial charge in [0.2, 0.25) is 11.7 Å². The third kappa shape index (κ3) is 2.41. The molecule has 7 heteroatoms. The van der Waals surface area contributed by atoms with Crippen LogP contribution in [0, 0.1) is 0 Å². The van der Waals surface area contributed by atoms with Gasteiger partial charge in [0.15, 0.2) is 17.8 Å². The molecule has 7 nitrogen and oxygen atoms in total. The fourth-order valence-electron chi connectivity index (χ4n) is 1.67. The van der Waals surface area contributed by atoms with Gasteiger partial charge in [-0.3, -0.25) is 4.79 Å². The average Bonchev–Trinajstić information content (AvgIpc) is 2.94. The lowest BCUT2D eigenvalue weighted by atomic mass is 10.1. The number of carbonyl (C=O) groups excluding carboxylic acids is 1. The van der Waals surface area contributed by atoms with Gasteiger partial charge >= 0.3 is 0 Å². The Morgan fingerprint density at radius 2 is 2.16 bits per heavy atom. The summed E-state index contributed by atoms with van der Waals surface area (Å²) in [6.07, 6.45) is 0.675. The first-order valence-corrected chi connectivity index (χ1v) is 5.47. The number of ether oxygens (including phenoxy) is 2. The molecule has 0 radical (unpaired) electrons. The third-order valence-electron chi connectivity index (χ3n) is 2.54. The molecule has 19 heavy (non-hydrogen) atoms. The Bertz CT molecular complexity index is 595. The Kier molecular flexibility index (Phi) is 3.76. The van der Waals surface area contributed by atoms with Gasteiger partial charge in [-0.1, -0.05) is 5.16 Å². The molecule has 0 spiro atoms. The van der Waals surface area contributed by atoms with Gasteiger partial charge in [-0.25, -0.2) is 0 Å². The second kappa shape index (κ2) is 5.49. The fourth-order valence-corrected chi connectivity index (χ4v) is 1.67. The lowest BCUT2D eigenvalue weighted by molar-refractivity contribution is 0.112. The standard InChI is InChI=1S/C12H13N3O4/c1-17-9-4-7(3-8(6-16)11(9)18-2)12-14-10(5-13)19-15-12/h3-4,6H,5,13H2,1-2H3. The van der Waals surface area contributed by atoms with Gasteiger partial charge < -0.3 is 19.7 Å². The van der Waals surface area contributed by atoms with Gasteiger partial charge in [0.05, 0.1) is 26.3 Å². The highest BCUT2D eigenvalue weighted by atomic mass is 16.5. The molecule has 0 bridgehead atoms. The molecule has 0 atom stereocenters. The number of benzene rings is 1. The highest BCUT2D eigenvalue weighted by Gasteiger charge is 2.16. The van der Waals surface area contributed by atoms with Crippen molar-refractivity contribution in [1.82, 2.24) is 10.1 Å². The third-order valence-corrected chi connectivity index (χ3v) is 2.54. The second-order valence-corrected chi connectivity index (χ2v) is 3.63. The largest absolute Gasteiger partial charge is 0.493 e. The number of hydrogen-bond acceptors (Lipinski definition) is 7. The lowest BCUT2D eigenvalue weighted by Gasteiger charge is -2.10. The molecule has 0 aliphatic heterocycles. The van der Waals surface area contributed by atoms with Crippen molar-refractivity contribution in [2.45, 2.75) is 6.54 Å². The molecule has 0 fully saturated rings. The number of rotatable bonds is 5. The van der Waals surface area contributed by atoms with E-state index in [0.717, 1.165) is 0 Å². The summed E-state index contributed by atoms with van der Waals surface area (Å²) in [5, 5.41) is 3.79. The topological polar surface area (TPSA) is 100 Å². The van der Waals surface area contributed by atoms with Crippen molar-refractivity contribution >= 4 is 6.29 Å². The van der Waals surface area contributed by atoms with Gasteiger partial charge in [-0.2, -0.15) is 4.98 Å². The molecule has 0 aliphatic carbocycles. The van der Waals surface area contributed by atoms with Crippen molar-refractivity contribution in [1.29, 1.82) is 0 Å². The molecule has 0 unspecified atom stereocenters. The molecule has 2 aromatic rings. The summed E-state index contributed by atoms with van der Waals surface area (Å²) in [4.78, 5) is 15.2. The van der Waals surface area contributed by atoms with Gasteiger partial charge in [0.1, 0.15) is 0 Å². The summed E-state index contributed by atoms with van der Waals surface area (Å²) in [6.45, 7) is 0.154. The van der Waals surface area contributed by atoms with E-state index in [9.17, 15) is 4.79 Å². The van der Waals surface area contributed by atoms with E-state index < -0.39 is 0 Å². The quantitative estimate of drug-likeness (QED) is 0.804. The number of aromatic nitrogens is 2. The van der Waals surface area contributed by atoms with Crippen LogP contribution in [-0.4, -0.2) is 30.6 Å². The van der Waals surface area contributed by atoms with E-state index in [1.165, 1.54) is 14.2 Å². The first kappa shape index (κ1) is 13.0. The van der Waals surface area contributed by atoms with E-state index in [0.29, 0.717) is 40.6 Å². The van der Waals surface area contributed by atoms with Crippen LogP contribution in [0.4, 0.5) is 0 Å². The number of nitrogens with two attached hydrogens (primary N) is 1. The van der Waals surface area contributed by atoms with Crippen LogP contribution in [0.2, 0.25) is 0 Å². The lowest BCUT2D eigenvalue weighted by Crippen LogP contribution is -1.97. The zero-order chi connectivity index (χ0) is 13.8. The molecule has 2 rings (SSSR count). The van der Waals surface area contributed by atoms with Crippen LogP contribution in [-0.2, 0) is 6.54 Å². The normalized spacial score (nSPS) is 10.3. The Balaban J connectivity index is 2.55. The molecule has 0 saturated heterocycles. The minimum atomic E-state index is 0.154. The summed E-state index contributed by atoms with van der Waals surface area (Å²) >= 11 is 0. The van der Waals surface area contributed by atoms with Crippen LogP contribution in [0.5, 0.6) is 11.5 Å². The van der Waals surface area contributed by atoms with Crippen molar-refractivity contribution in [3.8, 4) is 22.9 Å². The Labute approximate surface area is 109 Å². The summed E-state index contributed by atoms with van der Waals surface area (Å²) in [7, 11) is 2.95. The minimum Gasteiger partial charge on any atom is -0.493 e. The van der Waals surface area contributed by atoms with Crippen molar-refractivity contribution in [3.63, 3.8) is 0 Å². The second-order valence-electron chi connectivity index (χ2n) is 3.63. The van der Waals surface area contributed by atoms with Crippen LogP contribution >= 0.6 is 0 Å². The Hall–Kier alpha value is -2.41. The van der Waals surface area contributed by atoms with Crippen LogP contribution in [0.15, 0.2) is 16.7 Å². The highest BCUT2D eigenvalue weighted by molar-refractivity contribution is 5.84. The summed E-state index contributed by atoms with van der Waals surface area (Å²) in [5.74, 6) is 1.44. The molecule has 0 aliphatic rings. The van der Waals surface area contributed by atoms with E-state index in [-0.39, 0.29) is 6.54 Å². The smallest absolute Gasteiger partial charge is 0.240 e. The SMILES string of the molecule is COc1cc(-c2noc(CN)n2)cc(C=O)c1OC. The molecule has 0 saturated carbocycles. The van der Waals surface area contributed by atoms with Gasteiger partial charge in [0.25, 0.3) is 0 Å². The zero-order valence-electron chi connectivity index (χ0n) is 10.5. The van der Waals surface area contributed by atoms with E-state index in [4.69, 9.17) is 19.7 Å². The molecule has 1 aromatic heterocycles. The number of carbonyl (C=O) groups is 1. The number of methoxy groups -OCH3 is 2. The molecule has 100 valence electrons. The Morgan fingerprint density at radius 1 is 1.37 bits per heavy atom. The van der Waals surface area contributed by atoms with Gasteiger partial charge in [0, 0.05) is 5.56 Å². The van der Waals surface area contributed by atoms with E-state index in [2.05, 4.69) is 10.1 Å². The molecular weight excluding hydrogens is 250 g/mol. The predicted molar refractivity (Wildman–Crippen MR) is 66.1 cm³/mol. The summed E-state index contributed by atoms with van der Waals surface area (Å²) in [5.41, 5.74) is 6.33. The first-order valence-electron chi connectivity index (χ1n) is 5.47. The van der Waals surface area contributed by atoms with Crippen molar-refractivity contribution in [3.05, 3.63) is 23.6 Å². The maximum atomic E-state index is 11.1. The van der Waals surface area contributed by atoms with Gasteiger partial charge in [-0.15, -0.1) is 0 Å². The van der Waals surface area contributed by atoms with Crippen LogP contribution in [0.1, 0.15) is 16.2 Å². The summed E-state index contributed by atoms with van der Waals surface area (Å²) in [6, 6.07) is 3.26. The van der Waals surface area contributed by atoms with E-state index in [1.54, 1.807) is 12.1 Å². The Morgan fingerprint density at radius 3 is 2.68 bits per heavy atom. The maximum Gasteiger partial charge on any atom is 0.240 e. The van der Waals surface area contributed by atoms with Crippen molar-refractivity contribution < 1.29 is 18.8 Å². The predicted octanol–water partition coefficient (Wildman–Crippen LogP) is 1.03. The number of aldehydes is 1. The van der Waals surface area contributed by atoms with Gasteiger partial charge in [-0.05, 0) is 12.1 Å². The molecule has 1 heterocycles. The number of hydrogen-bond donors (Lipinski definition) is 1. The van der Waals surface area contributed by atoms with Crippen LogP contribution in [0.3, 0.4) is 0 Å². The van der Waals surface area contributed by atoms with Crippen LogP contribution < -0.4 is 15.2 Å². The monoisotopic (exact) mass is 263 g/mol. The average molecular weight is 263 g/mol. The fraction of sp³-hybridized carbons (Fsp3) is 0.250. The molecule has 2 N–H and O–H groups in total. The maximum absolute atomic E-state index is 11.1. The first-order chi connectivity index (χ1) is 9.23. The molecular formula is C12H13N3O4. The zero-order valence-corrected chi connectivity index (χ0v) is 10.5. The molecule has 1 aromatic carbocycles. The van der Waals surface area contributed by atoms with Crippen molar-refractivity contribution in [2.24, 2.45) is 5.73 Å².